The second-order valence-electron chi connectivity index (χ2n) is 4.64. The van der Waals surface area contributed by atoms with E-state index in [1.807, 2.05) is 0 Å². The van der Waals surface area contributed by atoms with Crippen molar-refractivity contribution < 1.29 is 17.8 Å². The minimum Gasteiger partial charge on any atom is -0.350 e. The van der Waals surface area contributed by atoms with Crippen molar-refractivity contribution in [2.24, 2.45) is 0 Å². The van der Waals surface area contributed by atoms with Gasteiger partial charge in [-0.3, -0.25) is 9.35 Å². The molecule has 1 aliphatic heterocycles. The number of fused-ring (bicyclic) bond motifs is 3. The third kappa shape index (κ3) is 1.82. The number of aromatic amines is 1. The minimum absolute atomic E-state index is 0.106. The number of aromatic nitrogens is 1. The van der Waals surface area contributed by atoms with Gasteiger partial charge in [-0.1, -0.05) is 0 Å². The molecule has 0 radical (unpaired) electrons. The lowest BCUT2D eigenvalue weighted by Gasteiger charge is -2.22. The molecule has 1 aromatic carbocycles. The van der Waals surface area contributed by atoms with E-state index >= 15 is 0 Å². The van der Waals surface area contributed by atoms with Crippen molar-refractivity contribution in [3.63, 3.8) is 0 Å². The molecule has 0 fully saturated rings. The van der Waals surface area contributed by atoms with E-state index in [9.17, 15) is 13.2 Å². The van der Waals surface area contributed by atoms with Crippen LogP contribution in [-0.2, 0) is 16.5 Å². The molecule has 0 spiro atoms. The van der Waals surface area contributed by atoms with E-state index in [0.717, 1.165) is 5.56 Å². The van der Waals surface area contributed by atoms with Crippen LogP contribution in [0.15, 0.2) is 23.1 Å². The molecule has 0 bridgehead atoms. The molecule has 2 aromatic rings. The lowest BCUT2D eigenvalue weighted by Crippen LogP contribution is -2.33. The van der Waals surface area contributed by atoms with Crippen LogP contribution in [0.1, 0.15) is 16.1 Å². The Hall–Kier alpha value is -1.86. The number of hydrogen-bond donors (Lipinski definition) is 2. The van der Waals surface area contributed by atoms with Gasteiger partial charge < -0.3 is 9.88 Å². The number of nitrogens with zero attached hydrogens (tertiary/aromatic N) is 1. The molecule has 2 N–H and O–H groups in total. The van der Waals surface area contributed by atoms with Crippen molar-refractivity contribution in [3.8, 4) is 0 Å². The van der Waals surface area contributed by atoms with Gasteiger partial charge >= 0.3 is 0 Å². The number of nitrogens with one attached hydrogen (secondary N) is 1. The lowest BCUT2D eigenvalue weighted by atomic mass is 10.0. The second kappa shape index (κ2) is 3.82. The van der Waals surface area contributed by atoms with Gasteiger partial charge in [0.1, 0.15) is 5.69 Å². The number of amides is 1. The second-order valence-corrected chi connectivity index (χ2v) is 6.06. The van der Waals surface area contributed by atoms with Crippen molar-refractivity contribution >= 4 is 26.9 Å². The molecule has 3 rings (SSSR count). The van der Waals surface area contributed by atoms with Crippen LogP contribution in [0.2, 0.25) is 0 Å². The molecule has 7 heteroatoms. The summed E-state index contributed by atoms with van der Waals surface area (Å²) in [7, 11) is -2.51. The largest absolute Gasteiger partial charge is 0.350 e. The van der Waals surface area contributed by atoms with E-state index in [4.69, 9.17) is 4.55 Å². The summed E-state index contributed by atoms with van der Waals surface area (Å²) in [5.74, 6) is -0.106. The van der Waals surface area contributed by atoms with Crippen LogP contribution in [-0.4, -0.2) is 42.4 Å². The average Bonchev–Trinajstić information content (AvgIpc) is 2.71. The van der Waals surface area contributed by atoms with Crippen LogP contribution < -0.4 is 0 Å². The zero-order chi connectivity index (χ0) is 13.8. The summed E-state index contributed by atoms with van der Waals surface area (Å²) in [6.07, 6.45) is 0.659. The Bertz CT molecular complexity index is 791. The first kappa shape index (κ1) is 12.2. The van der Waals surface area contributed by atoms with Crippen LogP contribution in [0.5, 0.6) is 0 Å². The van der Waals surface area contributed by atoms with Gasteiger partial charge in [-0.2, -0.15) is 8.42 Å². The SMILES string of the molecule is CN1CCc2c([nH]c3ccc(S(=O)(=O)O)cc23)C1=O. The van der Waals surface area contributed by atoms with Gasteiger partial charge in [0, 0.05) is 24.5 Å². The highest BCUT2D eigenvalue weighted by atomic mass is 32.2. The minimum atomic E-state index is -4.23. The Morgan fingerprint density at radius 2 is 2.11 bits per heavy atom. The van der Waals surface area contributed by atoms with Crippen molar-refractivity contribution in [2.75, 3.05) is 13.6 Å². The molecule has 2 heterocycles. The molecule has 0 atom stereocenters. The van der Waals surface area contributed by atoms with Crippen LogP contribution in [0.3, 0.4) is 0 Å². The number of likely N-dealkylation sites (N-methyl/N-ethyl adjacent to an activating group) is 1. The monoisotopic (exact) mass is 280 g/mol. The summed E-state index contributed by atoms with van der Waals surface area (Å²) in [4.78, 5) is 16.5. The summed E-state index contributed by atoms with van der Waals surface area (Å²) in [5, 5.41) is 0.673. The van der Waals surface area contributed by atoms with E-state index in [-0.39, 0.29) is 10.8 Å². The Balaban J connectivity index is 2.28. The Labute approximate surface area is 109 Å². The number of rotatable bonds is 1. The first-order valence-electron chi connectivity index (χ1n) is 5.75. The van der Waals surface area contributed by atoms with E-state index in [2.05, 4.69) is 4.98 Å². The topological polar surface area (TPSA) is 90.5 Å². The fourth-order valence-electron chi connectivity index (χ4n) is 2.40. The standard InChI is InChI=1S/C12H12N2O4S/c1-14-5-4-8-9-6-7(19(16,17)18)2-3-10(9)13-11(8)12(14)15/h2-3,6,13H,4-5H2,1H3,(H,16,17,18). The Kier molecular flexibility index (Phi) is 2.45. The predicted molar refractivity (Wildman–Crippen MR) is 68.8 cm³/mol. The molecular formula is C12H12N2O4S. The number of benzene rings is 1. The molecule has 1 aromatic heterocycles. The zero-order valence-electron chi connectivity index (χ0n) is 10.2. The van der Waals surface area contributed by atoms with Gasteiger partial charge in [-0.15, -0.1) is 0 Å². The maximum atomic E-state index is 12.0. The molecular weight excluding hydrogens is 268 g/mol. The fourth-order valence-corrected chi connectivity index (χ4v) is 2.91. The molecule has 6 nitrogen and oxygen atoms in total. The van der Waals surface area contributed by atoms with Gasteiger partial charge in [-0.25, -0.2) is 0 Å². The van der Waals surface area contributed by atoms with Crippen molar-refractivity contribution in [2.45, 2.75) is 11.3 Å². The van der Waals surface area contributed by atoms with Crippen LogP contribution >= 0.6 is 0 Å². The van der Waals surface area contributed by atoms with Crippen LogP contribution in [0.4, 0.5) is 0 Å². The van der Waals surface area contributed by atoms with Crippen molar-refractivity contribution in [1.29, 1.82) is 0 Å². The van der Waals surface area contributed by atoms with Gasteiger partial charge in [0.15, 0.2) is 0 Å². The smallest absolute Gasteiger partial charge is 0.294 e. The number of hydrogen-bond acceptors (Lipinski definition) is 3. The van der Waals surface area contributed by atoms with Crippen LogP contribution in [0, 0.1) is 0 Å². The van der Waals surface area contributed by atoms with Gasteiger partial charge in [0.25, 0.3) is 16.0 Å². The highest BCUT2D eigenvalue weighted by molar-refractivity contribution is 7.85. The molecule has 0 unspecified atom stereocenters. The maximum Gasteiger partial charge on any atom is 0.294 e. The zero-order valence-corrected chi connectivity index (χ0v) is 11.0. The first-order valence-corrected chi connectivity index (χ1v) is 7.19. The quantitative estimate of drug-likeness (QED) is 0.764. The van der Waals surface area contributed by atoms with Crippen LogP contribution in [0.25, 0.3) is 10.9 Å². The van der Waals surface area contributed by atoms with Gasteiger partial charge in [-0.05, 0) is 30.2 Å². The van der Waals surface area contributed by atoms with E-state index in [0.29, 0.717) is 29.6 Å². The van der Waals surface area contributed by atoms with E-state index in [1.165, 1.54) is 12.1 Å². The van der Waals surface area contributed by atoms with E-state index in [1.54, 1.807) is 18.0 Å². The molecule has 19 heavy (non-hydrogen) atoms. The van der Waals surface area contributed by atoms with Gasteiger partial charge in [0.2, 0.25) is 0 Å². The van der Waals surface area contributed by atoms with Crippen molar-refractivity contribution in [1.82, 2.24) is 9.88 Å². The summed E-state index contributed by atoms with van der Waals surface area (Å²) in [6, 6.07) is 4.27. The normalized spacial score (nSPS) is 15.9. The molecule has 1 aliphatic rings. The maximum absolute atomic E-state index is 12.0. The third-order valence-corrected chi connectivity index (χ3v) is 4.28. The average molecular weight is 280 g/mol. The lowest BCUT2D eigenvalue weighted by molar-refractivity contribution is 0.0776. The Morgan fingerprint density at radius 1 is 1.37 bits per heavy atom. The van der Waals surface area contributed by atoms with E-state index < -0.39 is 10.1 Å². The number of carbonyl (C=O) groups is 1. The highest BCUT2D eigenvalue weighted by Crippen LogP contribution is 2.28. The Morgan fingerprint density at radius 3 is 2.79 bits per heavy atom. The molecule has 0 saturated heterocycles. The molecule has 1 amide bonds. The molecule has 0 aliphatic carbocycles. The van der Waals surface area contributed by atoms with Gasteiger partial charge in [0.05, 0.1) is 4.90 Å². The summed E-state index contributed by atoms with van der Waals surface area (Å²) >= 11 is 0. The predicted octanol–water partition coefficient (Wildman–Crippen LogP) is 1.04. The third-order valence-electron chi connectivity index (χ3n) is 3.43. The summed E-state index contributed by atoms with van der Waals surface area (Å²) in [6.45, 7) is 0.592. The van der Waals surface area contributed by atoms with Crippen molar-refractivity contribution in [3.05, 3.63) is 29.5 Å². The highest BCUT2D eigenvalue weighted by Gasteiger charge is 2.26. The number of H-pyrrole nitrogens is 1. The fraction of sp³-hybridized carbons (Fsp3) is 0.250. The molecule has 100 valence electrons. The first-order chi connectivity index (χ1) is 8.88. The summed E-state index contributed by atoms with van der Waals surface area (Å²) < 4.78 is 31.4. The molecule has 0 saturated carbocycles. The number of carbonyl (C=O) groups excluding carboxylic acids is 1. The summed E-state index contributed by atoms with van der Waals surface area (Å²) in [5.41, 5.74) is 2.00.